The van der Waals surface area contributed by atoms with Crippen LogP contribution in [0.15, 0.2) is 24.3 Å². The zero-order valence-corrected chi connectivity index (χ0v) is 12.5. The minimum absolute atomic E-state index is 0.185. The van der Waals surface area contributed by atoms with E-state index >= 15 is 0 Å². The van der Waals surface area contributed by atoms with Gasteiger partial charge in [0, 0.05) is 26.8 Å². The largest absolute Gasteiger partial charge is 0.491 e. The summed E-state index contributed by atoms with van der Waals surface area (Å²) in [6.45, 7) is 6.80. The van der Waals surface area contributed by atoms with Crippen LogP contribution < -0.4 is 10.1 Å². The molecule has 108 valence electrons. The van der Waals surface area contributed by atoms with Crippen molar-refractivity contribution in [3.63, 3.8) is 0 Å². The van der Waals surface area contributed by atoms with Gasteiger partial charge in [0.15, 0.2) is 6.29 Å². The molecule has 19 heavy (non-hydrogen) atoms. The lowest BCUT2D eigenvalue weighted by Gasteiger charge is -2.19. The van der Waals surface area contributed by atoms with Gasteiger partial charge in [0.2, 0.25) is 0 Å². The molecule has 0 aromatic heterocycles. The molecule has 0 aliphatic carbocycles. The van der Waals surface area contributed by atoms with Crippen molar-refractivity contribution in [2.24, 2.45) is 0 Å². The quantitative estimate of drug-likeness (QED) is 0.735. The molecule has 0 amide bonds. The van der Waals surface area contributed by atoms with Gasteiger partial charge in [-0.1, -0.05) is 12.1 Å². The zero-order valence-electron chi connectivity index (χ0n) is 12.5. The van der Waals surface area contributed by atoms with Gasteiger partial charge in [0.05, 0.1) is 6.10 Å². The Hall–Kier alpha value is -1.10. The highest BCUT2D eigenvalue weighted by atomic mass is 16.7. The van der Waals surface area contributed by atoms with Crippen molar-refractivity contribution < 1.29 is 14.2 Å². The van der Waals surface area contributed by atoms with Crippen LogP contribution in [-0.4, -0.2) is 33.2 Å². The minimum atomic E-state index is -0.224. The van der Waals surface area contributed by atoms with Gasteiger partial charge in [-0.15, -0.1) is 0 Å². The lowest BCUT2D eigenvalue weighted by Crippen LogP contribution is -2.31. The van der Waals surface area contributed by atoms with Crippen LogP contribution in [0.1, 0.15) is 32.4 Å². The summed E-state index contributed by atoms with van der Waals surface area (Å²) in [5.74, 6) is 0.899. The number of nitrogens with one attached hydrogen (secondary N) is 1. The van der Waals surface area contributed by atoms with E-state index in [9.17, 15) is 0 Å². The maximum Gasteiger partial charge on any atom is 0.169 e. The van der Waals surface area contributed by atoms with Gasteiger partial charge in [-0.05, 0) is 38.5 Å². The summed E-state index contributed by atoms with van der Waals surface area (Å²) in [6.07, 6.45) is -0.0394. The van der Waals surface area contributed by atoms with E-state index in [1.807, 2.05) is 26.0 Å². The zero-order chi connectivity index (χ0) is 14.3. The molecule has 4 heteroatoms. The van der Waals surface area contributed by atoms with E-state index in [0.29, 0.717) is 6.54 Å². The first-order valence-corrected chi connectivity index (χ1v) is 6.62. The first-order valence-electron chi connectivity index (χ1n) is 6.62. The van der Waals surface area contributed by atoms with Crippen LogP contribution in [-0.2, 0) is 9.47 Å². The number of hydrogen-bond acceptors (Lipinski definition) is 4. The van der Waals surface area contributed by atoms with Crippen molar-refractivity contribution >= 4 is 0 Å². The molecule has 1 unspecified atom stereocenters. The van der Waals surface area contributed by atoms with Crippen molar-refractivity contribution in [1.82, 2.24) is 5.32 Å². The summed E-state index contributed by atoms with van der Waals surface area (Å²) < 4.78 is 16.0. The van der Waals surface area contributed by atoms with Crippen molar-refractivity contribution in [1.29, 1.82) is 0 Å². The molecular formula is C15H25NO3. The van der Waals surface area contributed by atoms with E-state index in [-0.39, 0.29) is 18.4 Å². The van der Waals surface area contributed by atoms with E-state index in [4.69, 9.17) is 14.2 Å². The third-order valence-corrected chi connectivity index (χ3v) is 2.85. The Kier molecular flexibility index (Phi) is 6.84. The predicted octanol–water partition coefficient (Wildman–Crippen LogP) is 2.74. The van der Waals surface area contributed by atoms with Crippen molar-refractivity contribution in [2.45, 2.75) is 39.2 Å². The maximum atomic E-state index is 5.70. The van der Waals surface area contributed by atoms with Gasteiger partial charge < -0.3 is 19.5 Å². The Bertz CT molecular complexity index is 364. The molecule has 0 spiro atoms. The molecule has 0 saturated carbocycles. The number of hydrogen-bond donors (Lipinski definition) is 1. The molecule has 0 radical (unpaired) electrons. The highest BCUT2D eigenvalue weighted by Crippen LogP contribution is 2.20. The number of rotatable bonds is 8. The molecule has 1 aromatic carbocycles. The van der Waals surface area contributed by atoms with Crippen LogP contribution in [0.4, 0.5) is 0 Å². The smallest absolute Gasteiger partial charge is 0.169 e. The molecule has 0 saturated heterocycles. The first-order chi connectivity index (χ1) is 9.06. The summed E-state index contributed by atoms with van der Waals surface area (Å²) in [4.78, 5) is 0. The summed E-state index contributed by atoms with van der Waals surface area (Å²) >= 11 is 0. The predicted molar refractivity (Wildman–Crippen MR) is 76.4 cm³/mol. The van der Waals surface area contributed by atoms with Crippen LogP contribution >= 0.6 is 0 Å². The average Bonchev–Trinajstić information content (AvgIpc) is 2.39. The first kappa shape index (κ1) is 16.0. The summed E-state index contributed by atoms with van der Waals surface area (Å²) in [5.41, 5.74) is 1.18. The van der Waals surface area contributed by atoms with E-state index in [1.54, 1.807) is 14.2 Å². The highest BCUT2D eigenvalue weighted by Gasteiger charge is 2.10. The monoisotopic (exact) mass is 267 g/mol. The summed E-state index contributed by atoms with van der Waals surface area (Å²) in [5, 5.41) is 3.38. The lowest BCUT2D eigenvalue weighted by atomic mass is 10.1. The van der Waals surface area contributed by atoms with Gasteiger partial charge in [-0.2, -0.15) is 0 Å². The number of benzene rings is 1. The van der Waals surface area contributed by atoms with Crippen molar-refractivity contribution in [3.05, 3.63) is 29.8 Å². The fourth-order valence-electron chi connectivity index (χ4n) is 1.78. The summed E-state index contributed by atoms with van der Waals surface area (Å²) in [6, 6.07) is 8.34. The van der Waals surface area contributed by atoms with E-state index in [1.165, 1.54) is 5.56 Å². The second kappa shape index (κ2) is 8.15. The topological polar surface area (TPSA) is 39.7 Å². The van der Waals surface area contributed by atoms with Crippen molar-refractivity contribution in [2.75, 3.05) is 20.8 Å². The standard InChI is InChI=1S/C15H25NO3/c1-11(2)19-14-8-6-7-13(9-14)12(3)16-10-15(17-4)18-5/h6-9,11-12,15-16H,10H2,1-5H3. The Morgan fingerprint density at radius 1 is 1.11 bits per heavy atom. The second-order valence-electron chi connectivity index (χ2n) is 4.77. The fourth-order valence-corrected chi connectivity index (χ4v) is 1.78. The second-order valence-corrected chi connectivity index (χ2v) is 4.77. The molecule has 1 atom stereocenters. The number of ether oxygens (including phenoxy) is 3. The molecule has 1 rings (SSSR count). The van der Waals surface area contributed by atoms with Crippen molar-refractivity contribution in [3.8, 4) is 5.75 Å². The molecule has 0 fully saturated rings. The Morgan fingerprint density at radius 3 is 2.37 bits per heavy atom. The summed E-state index contributed by atoms with van der Waals surface area (Å²) in [7, 11) is 3.27. The van der Waals surface area contributed by atoms with Gasteiger partial charge in [-0.3, -0.25) is 0 Å². The van der Waals surface area contributed by atoms with Gasteiger partial charge in [0.25, 0.3) is 0 Å². The fraction of sp³-hybridized carbons (Fsp3) is 0.600. The van der Waals surface area contributed by atoms with E-state index in [2.05, 4.69) is 24.4 Å². The van der Waals surface area contributed by atoms with Gasteiger partial charge in [0.1, 0.15) is 5.75 Å². The highest BCUT2D eigenvalue weighted by molar-refractivity contribution is 5.30. The molecule has 1 N–H and O–H groups in total. The maximum absolute atomic E-state index is 5.70. The molecule has 0 aliphatic heterocycles. The van der Waals surface area contributed by atoms with E-state index in [0.717, 1.165) is 5.75 Å². The van der Waals surface area contributed by atoms with Crippen LogP contribution in [0.3, 0.4) is 0 Å². The lowest BCUT2D eigenvalue weighted by molar-refractivity contribution is -0.0997. The Morgan fingerprint density at radius 2 is 1.79 bits per heavy atom. The molecule has 0 heterocycles. The normalized spacial score (nSPS) is 13.0. The molecule has 4 nitrogen and oxygen atoms in total. The van der Waals surface area contributed by atoms with Crippen LogP contribution in [0.2, 0.25) is 0 Å². The van der Waals surface area contributed by atoms with Gasteiger partial charge >= 0.3 is 0 Å². The Labute approximate surface area is 116 Å². The third kappa shape index (κ3) is 5.59. The molecule has 0 bridgehead atoms. The number of methoxy groups -OCH3 is 2. The van der Waals surface area contributed by atoms with Crippen LogP contribution in [0, 0.1) is 0 Å². The SMILES string of the molecule is COC(CNC(C)c1cccc(OC(C)C)c1)OC. The van der Waals surface area contributed by atoms with Crippen LogP contribution in [0.25, 0.3) is 0 Å². The van der Waals surface area contributed by atoms with Gasteiger partial charge in [-0.25, -0.2) is 0 Å². The molecular weight excluding hydrogens is 242 g/mol. The third-order valence-electron chi connectivity index (χ3n) is 2.85. The van der Waals surface area contributed by atoms with E-state index < -0.39 is 0 Å². The minimum Gasteiger partial charge on any atom is -0.491 e. The molecule has 1 aromatic rings. The Balaban J connectivity index is 2.58. The average molecular weight is 267 g/mol. The van der Waals surface area contributed by atoms with Crippen LogP contribution in [0.5, 0.6) is 5.75 Å². The molecule has 0 aliphatic rings.